The van der Waals surface area contributed by atoms with Crippen molar-refractivity contribution >= 4 is 11.6 Å². The van der Waals surface area contributed by atoms with Gasteiger partial charge < -0.3 is 20.2 Å². The lowest BCUT2D eigenvalue weighted by Crippen LogP contribution is -2.62. The summed E-state index contributed by atoms with van der Waals surface area (Å²) in [6, 6.07) is 13.9. The molecule has 2 N–H and O–H groups in total. The van der Waals surface area contributed by atoms with Crippen molar-refractivity contribution in [2.45, 2.75) is 57.7 Å². The Morgan fingerprint density at radius 2 is 1.50 bits per heavy atom. The molecular weight excluding hydrogens is 424 g/mol. The van der Waals surface area contributed by atoms with Gasteiger partial charge in [0.2, 0.25) is 0 Å². The first-order valence-electron chi connectivity index (χ1n) is 11.8. The Labute approximate surface area is 202 Å². The van der Waals surface area contributed by atoms with Crippen molar-refractivity contribution in [3.8, 4) is 28.1 Å². The van der Waals surface area contributed by atoms with Crippen molar-refractivity contribution in [2.24, 2.45) is 0 Å². The minimum atomic E-state index is 0.0594. The van der Waals surface area contributed by atoms with E-state index in [0.717, 1.165) is 35.6 Å². The van der Waals surface area contributed by atoms with Gasteiger partial charge in [-0.1, -0.05) is 6.07 Å². The van der Waals surface area contributed by atoms with E-state index in [2.05, 4.69) is 60.1 Å². The van der Waals surface area contributed by atoms with E-state index in [4.69, 9.17) is 0 Å². The number of phenolic OH excluding ortho intramolecular Hbond substituents is 1. The third-order valence-corrected chi connectivity index (χ3v) is 6.54. The van der Waals surface area contributed by atoms with Gasteiger partial charge in [-0.3, -0.25) is 0 Å². The summed E-state index contributed by atoms with van der Waals surface area (Å²) in [6.45, 7) is 9.01. The molecule has 0 unspecified atom stereocenters. The van der Waals surface area contributed by atoms with Gasteiger partial charge in [-0.05, 0) is 82.5 Å². The van der Waals surface area contributed by atoms with Crippen molar-refractivity contribution in [3.63, 3.8) is 0 Å². The highest BCUT2D eigenvalue weighted by molar-refractivity contribution is 5.74. The normalized spacial score (nSPS) is 17.4. The molecule has 1 aromatic carbocycles. The molecule has 0 bridgehead atoms. The number of piperidine rings is 1. The van der Waals surface area contributed by atoms with Gasteiger partial charge in [0.25, 0.3) is 0 Å². The predicted molar refractivity (Wildman–Crippen MR) is 139 cm³/mol. The summed E-state index contributed by atoms with van der Waals surface area (Å²) in [5.74, 6) is 1.90. The third-order valence-electron chi connectivity index (χ3n) is 6.54. The molecule has 7 heteroatoms. The topological polar surface area (TPSA) is 77.4 Å². The molecule has 3 aromatic rings. The molecule has 0 radical (unpaired) electrons. The SMILES string of the molecule is CN(C)c1ccc(-c2ccc(-c3ccc(N(C)C4CC(C)(C)NC(C)(C)C4)nn3)c(O)c2)cn1. The second-order valence-electron chi connectivity index (χ2n) is 10.9. The Morgan fingerprint density at radius 3 is 2.03 bits per heavy atom. The lowest BCUT2D eigenvalue weighted by Gasteiger charge is -2.49. The first-order chi connectivity index (χ1) is 15.9. The van der Waals surface area contributed by atoms with Crippen LogP contribution in [0.3, 0.4) is 0 Å². The highest BCUT2D eigenvalue weighted by atomic mass is 16.3. The summed E-state index contributed by atoms with van der Waals surface area (Å²) in [5, 5.41) is 23.4. The van der Waals surface area contributed by atoms with Crippen LogP contribution in [0.25, 0.3) is 22.4 Å². The smallest absolute Gasteiger partial charge is 0.151 e. The van der Waals surface area contributed by atoms with E-state index in [1.165, 1.54) is 0 Å². The van der Waals surface area contributed by atoms with Crippen LogP contribution in [0.15, 0.2) is 48.7 Å². The van der Waals surface area contributed by atoms with Gasteiger partial charge >= 0.3 is 0 Å². The minimum absolute atomic E-state index is 0.0594. The van der Waals surface area contributed by atoms with E-state index in [1.54, 1.807) is 6.07 Å². The van der Waals surface area contributed by atoms with Crippen LogP contribution in [0, 0.1) is 0 Å². The molecule has 1 aliphatic rings. The Kier molecular flexibility index (Phi) is 6.25. The fourth-order valence-corrected chi connectivity index (χ4v) is 5.14. The molecule has 1 aliphatic heterocycles. The lowest BCUT2D eigenvalue weighted by molar-refractivity contribution is 0.160. The van der Waals surface area contributed by atoms with E-state index in [9.17, 15) is 5.11 Å². The van der Waals surface area contributed by atoms with Crippen molar-refractivity contribution in [3.05, 3.63) is 48.7 Å². The second kappa shape index (κ2) is 8.87. The first kappa shape index (κ1) is 24.0. The van der Waals surface area contributed by atoms with Crippen molar-refractivity contribution in [2.75, 3.05) is 30.9 Å². The third kappa shape index (κ3) is 5.14. The molecule has 0 spiro atoms. The zero-order valence-corrected chi connectivity index (χ0v) is 21.3. The van der Waals surface area contributed by atoms with Crippen LogP contribution in [-0.2, 0) is 0 Å². The molecule has 0 saturated carbocycles. The number of hydrogen-bond donors (Lipinski definition) is 2. The van der Waals surface area contributed by atoms with Gasteiger partial charge in [0.15, 0.2) is 5.82 Å². The van der Waals surface area contributed by atoms with Crippen LogP contribution in [-0.4, -0.2) is 58.6 Å². The summed E-state index contributed by atoms with van der Waals surface area (Å²) in [4.78, 5) is 8.65. The zero-order chi connectivity index (χ0) is 24.7. The Balaban J connectivity index is 1.52. The lowest BCUT2D eigenvalue weighted by atomic mass is 9.79. The Bertz CT molecular complexity index is 1120. The number of rotatable bonds is 5. The maximum Gasteiger partial charge on any atom is 0.151 e. The number of benzene rings is 1. The minimum Gasteiger partial charge on any atom is -0.507 e. The van der Waals surface area contributed by atoms with Crippen molar-refractivity contribution in [1.29, 1.82) is 0 Å². The quantitative estimate of drug-likeness (QED) is 0.570. The standard InChI is InChI=1S/C27H36N6O/c1-26(2)15-20(16-27(3,4)31-26)33(7)25-13-11-22(29-30-25)21-10-8-18(14-23(21)34)19-9-12-24(28-17-19)32(5)6/h8-14,17,20,31,34H,15-16H2,1-7H3. The number of hydrogen-bond acceptors (Lipinski definition) is 7. The molecule has 7 nitrogen and oxygen atoms in total. The van der Waals surface area contributed by atoms with Gasteiger partial charge in [-0.2, -0.15) is 0 Å². The number of pyridine rings is 1. The molecule has 1 saturated heterocycles. The highest BCUT2D eigenvalue weighted by Crippen LogP contribution is 2.35. The molecular formula is C27H36N6O. The molecule has 0 amide bonds. The molecule has 34 heavy (non-hydrogen) atoms. The van der Waals surface area contributed by atoms with E-state index in [1.807, 2.05) is 61.6 Å². The van der Waals surface area contributed by atoms with Gasteiger partial charge in [0, 0.05) is 55.6 Å². The van der Waals surface area contributed by atoms with Gasteiger partial charge in [-0.15, -0.1) is 10.2 Å². The number of nitrogens with one attached hydrogen (secondary N) is 1. The summed E-state index contributed by atoms with van der Waals surface area (Å²) in [7, 11) is 6.01. The predicted octanol–water partition coefficient (Wildman–Crippen LogP) is 4.72. The Hall–Kier alpha value is -3.19. The maximum atomic E-state index is 10.7. The summed E-state index contributed by atoms with van der Waals surface area (Å²) in [5.41, 5.74) is 3.27. The van der Waals surface area contributed by atoms with E-state index in [0.29, 0.717) is 17.3 Å². The van der Waals surface area contributed by atoms with Gasteiger partial charge in [0.05, 0.1) is 5.69 Å². The molecule has 180 valence electrons. The summed E-state index contributed by atoms with van der Waals surface area (Å²) >= 11 is 0. The van der Waals surface area contributed by atoms with Gasteiger partial charge in [-0.25, -0.2) is 4.98 Å². The molecule has 0 aliphatic carbocycles. The van der Waals surface area contributed by atoms with Crippen LogP contribution in [0.4, 0.5) is 11.6 Å². The number of anilines is 2. The van der Waals surface area contributed by atoms with E-state index < -0.39 is 0 Å². The van der Waals surface area contributed by atoms with Crippen LogP contribution >= 0.6 is 0 Å². The fraction of sp³-hybridized carbons (Fsp3) is 0.444. The van der Waals surface area contributed by atoms with Crippen LogP contribution in [0.1, 0.15) is 40.5 Å². The largest absolute Gasteiger partial charge is 0.507 e. The monoisotopic (exact) mass is 460 g/mol. The average molecular weight is 461 g/mol. The first-order valence-corrected chi connectivity index (χ1v) is 11.8. The van der Waals surface area contributed by atoms with Crippen molar-refractivity contribution in [1.82, 2.24) is 20.5 Å². The summed E-state index contributed by atoms with van der Waals surface area (Å²) in [6.07, 6.45) is 3.88. The number of aromatic hydroxyl groups is 1. The Morgan fingerprint density at radius 1 is 0.853 bits per heavy atom. The van der Waals surface area contributed by atoms with E-state index >= 15 is 0 Å². The summed E-state index contributed by atoms with van der Waals surface area (Å²) < 4.78 is 0. The van der Waals surface area contributed by atoms with E-state index in [-0.39, 0.29) is 16.8 Å². The number of nitrogens with zero attached hydrogens (tertiary/aromatic N) is 5. The van der Waals surface area contributed by atoms with Gasteiger partial charge in [0.1, 0.15) is 11.6 Å². The highest BCUT2D eigenvalue weighted by Gasteiger charge is 2.39. The van der Waals surface area contributed by atoms with Crippen LogP contribution in [0.5, 0.6) is 5.75 Å². The average Bonchev–Trinajstić information content (AvgIpc) is 2.76. The number of aromatic nitrogens is 3. The number of phenols is 1. The molecule has 0 atom stereocenters. The molecule has 1 fully saturated rings. The molecule has 2 aromatic heterocycles. The van der Waals surface area contributed by atoms with Crippen LogP contribution < -0.4 is 15.1 Å². The zero-order valence-electron chi connectivity index (χ0n) is 21.3. The fourth-order valence-electron chi connectivity index (χ4n) is 5.14. The molecule has 4 rings (SSSR count). The maximum absolute atomic E-state index is 10.7. The second-order valence-corrected chi connectivity index (χ2v) is 10.9. The molecule has 3 heterocycles. The van der Waals surface area contributed by atoms with Crippen LogP contribution in [0.2, 0.25) is 0 Å². The van der Waals surface area contributed by atoms with Crippen molar-refractivity contribution < 1.29 is 5.11 Å².